The number of aryl methyl sites for hydroxylation is 1. The van der Waals surface area contributed by atoms with Gasteiger partial charge in [0.25, 0.3) is 0 Å². The van der Waals surface area contributed by atoms with Crippen molar-refractivity contribution in [1.82, 2.24) is 10.6 Å². The third-order valence-electron chi connectivity index (χ3n) is 4.58. The van der Waals surface area contributed by atoms with E-state index >= 15 is 0 Å². The maximum atomic E-state index is 6.15. The number of nitrogens with one attached hydrogen (secondary N) is 2. The van der Waals surface area contributed by atoms with E-state index < -0.39 is 0 Å². The predicted molar refractivity (Wildman–Crippen MR) is 101 cm³/mol. The van der Waals surface area contributed by atoms with Crippen LogP contribution in [-0.4, -0.2) is 38.7 Å². The Balaban J connectivity index is 1.87. The average Bonchev–Trinajstić information content (AvgIpc) is 3.02. The Kier molecular flexibility index (Phi) is 6.58. The van der Waals surface area contributed by atoms with Gasteiger partial charge in [-0.05, 0) is 50.3 Å². The van der Waals surface area contributed by atoms with Crippen LogP contribution in [0.1, 0.15) is 32.3 Å². The fourth-order valence-corrected chi connectivity index (χ4v) is 3.08. The van der Waals surface area contributed by atoms with Crippen LogP contribution in [0.4, 0.5) is 5.69 Å². The van der Waals surface area contributed by atoms with Crippen molar-refractivity contribution in [2.75, 3.05) is 31.6 Å². The van der Waals surface area contributed by atoms with Crippen molar-refractivity contribution in [1.29, 1.82) is 0 Å². The van der Waals surface area contributed by atoms with E-state index in [2.05, 4.69) is 53.4 Å². The van der Waals surface area contributed by atoms with E-state index in [4.69, 9.17) is 11.6 Å². The molecule has 0 radical (unpaired) electrons. The molecule has 2 atom stereocenters. The number of aliphatic imine (C=N–C) groups is 1. The van der Waals surface area contributed by atoms with Crippen molar-refractivity contribution < 1.29 is 0 Å². The van der Waals surface area contributed by atoms with Crippen molar-refractivity contribution in [2.24, 2.45) is 10.9 Å². The van der Waals surface area contributed by atoms with Gasteiger partial charge in [0.1, 0.15) is 0 Å². The van der Waals surface area contributed by atoms with Crippen LogP contribution < -0.4 is 15.5 Å². The number of benzene rings is 1. The second kappa shape index (κ2) is 8.44. The maximum Gasteiger partial charge on any atom is 0.191 e. The molecule has 0 amide bonds. The maximum absolute atomic E-state index is 6.15. The molecule has 128 valence electrons. The van der Waals surface area contributed by atoms with Gasteiger partial charge in [-0.1, -0.05) is 24.6 Å². The molecular formula is C18H29ClN4. The predicted octanol–water partition coefficient (Wildman–Crippen LogP) is 3.44. The molecule has 1 aromatic carbocycles. The standard InChI is InChI=1S/C18H29ClN4/c1-5-14(3)22-18(20-4)21-11-15-8-9-23(12-15)17-10-16(19)7-6-13(17)2/h6-7,10,14-15H,5,8-9,11-12H2,1-4H3,(H2,20,21,22). The van der Waals surface area contributed by atoms with E-state index in [1.807, 2.05) is 13.1 Å². The first-order valence-electron chi connectivity index (χ1n) is 8.51. The Labute approximate surface area is 145 Å². The summed E-state index contributed by atoms with van der Waals surface area (Å²) < 4.78 is 0. The van der Waals surface area contributed by atoms with Crippen LogP contribution in [0.25, 0.3) is 0 Å². The Hall–Kier alpha value is -1.42. The minimum atomic E-state index is 0.440. The van der Waals surface area contributed by atoms with Crippen LogP contribution >= 0.6 is 11.6 Å². The van der Waals surface area contributed by atoms with Crippen LogP contribution in [-0.2, 0) is 0 Å². The van der Waals surface area contributed by atoms with Gasteiger partial charge in [0.15, 0.2) is 5.96 Å². The lowest BCUT2D eigenvalue weighted by Gasteiger charge is -2.22. The molecule has 0 aromatic heterocycles. The van der Waals surface area contributed by atoms with E-state index in [1.54, 1.807) is 0 Å². The number of rotatable bonds is 5. The molecule has 2 N–H and O–H groups in total. The van der Waals surface area contributed by atoms with E-state index in [9.17, 15) is 0 Å². The zero-order valence-electron chi connectivity index (χ0n) is 14.7. The van der Waals surface area contributed by atoms with Crippen molar-refractivity contribution in [3.63, 3.8) is 0 Å². The van der Waals surface area contributed by atoms with Crippen molar-refractivity contribution in [3.05, 3.63) is 28.8 Å². The molecule has 1 fully saturated rings. The van der Waals surface area contributed by atoms with Gasteiger partial charge >= 0.3 is 0 Å². The number of anilines is 1. The first-order chi connectivity index (χ1) is 11.0. The lowest BCUT2D eigenvalue weighted by molar-refractivity contribution is 0.554. The Bertz CT molecular complexity index is 544. The Morgan fingerprint density at radius 2 is 2.26 bits per heavy atom. The molecule has 0 spiro atoms. The zero-order chi connectivity index (χ0) is 16.8. The third kappa shape index (κ3) is 5.03. The molecule has 0 bridgehead atoms. The molecule has 0 saturated carbocycles. The highest BCUT2D eigenvalue weighted by Crippen LogP contribution is 2.29. The first kappa shape index (κ1) is 17.9. The molecule has 1 heterocycles. The van der Waals surface area contributed by atoms with Gasteiger partial charge in [-0.2, -0.15) is 0 Å². The highest BCUT2D eigenvalue weighted by molar-refractivity contribution is 6.30. The number of guanidine groups is 1. The van der Waals surface area contributed by atoms with E-state index in [0.717, 1.165) is 37.0 Å². The monoisotopic (exact) mass is 336 g/mol. The van der Waals surface area contributed by atoms with Gasteiger partial charge in [0, 0.05) is 43.4 Å². The highest BCUT2D eigenvalue weighted by Gasteiger charge is 2.24. The smallest absolute Gasteiger partial charge is 0.191 e. The van der Waals surface area contributed by atoms with Crippen LogP contribution in [0, 0.1) is 12.8 Å². The summed E-state index contributed by atoms with van der Waals surface area (Å²) in [4.78, 5) is 6.75. The molecule has 4 nitrogen and oxygen atoms in total. The Morgan fingerprint density at radius 1 is 1.48 bits per heavy atom. The summed E-state index contributed by atoms with van der Waals surface area (Å²) in [6.45, 7) is 9.60. The summed E-state index contributed by atoms with van der Waals surface area (Å²) in [6, 6.07) is 6.58. The molecule has 2 unspecified atom stereocenters. The number of hydrogen-bond acceptors (Lipinski definition) is 2. The van der Waals surface area contributed by atoms with Crippen LogP contribution in [0.15, 0.2) is 23.2 Å². The molecule has 1 aliphatic heterocycles. The SMILES string of the molecule is CCC(C)NC(=NC)NCC1CCN(c2cc(Cl)ccc2C)C1. The van der Waals surface area contributed by atoms with Gasteiger partial charge in [-0.15, -0.1) is 0 Å². The lowest BCUT2D eigenvalue weighted by Crippen LogP contribution is -2.43. The second-order valence-corrected chi connectivity index (χ2v) is 6.87. The molecule has 1 saturated heterocycles. The first-order valence-corrected chi connectivity index (χ1v) is 8.89. The highest BCUT2D eigenvalue weighted by atomic mass is 35.5. The van der Waals surface area contributed by atoms with Gasteiger partial charge in [-0.25, -0.2) is 0 Å². The zero-order valence-corrected chi connectivity index (χ0v) is 15.5. The van der Waals surface area contributed by atoms with Crippen molar-refractivity contribution >= 4 is 23.2 Å². The summed E-state index contributed by atoms with van der Waals surface area (Å²) in [5.74, 6) is 1.53. The molecular weight excluding hydrogens is 308 g/mol. The summed E-state index contributed by atoms with van der Waals surface area (Å²) in [5.41, 5.74) is 2.55. The minimum absolute atomic E-state index is 0.440. The van der Waals surface area contributed by atoms with Crippen LogP contribution in [0.2, 0.25) is 5.02 Å². The molecule has 5 heteroatoms. The van der Waals surface area contributed by atoms with Crippen molar-refractivity contribution in [3.8, 4) is 0 Å². The molecule has 0 aliphatic carbocycles. The minimum Gasteiger partial charge on any atom is -0.371 e. The van der Waals surface area contributed by atoms with Gasteiger partial charge < -0.3 is 15.5 Å². The second-order valence-electron chi connectivity index (χ2n) is 6.44. The topological polar surface area (TPSA) is 39.7 Å². The van der Waals surface area contributed by atoms with Crippen LogP contribution in [0.5, 0.6) is 0 Å². The normalized spacial score (nSPS) is 19.8. The number of halogens is 1. The third-order valence-corrected chi connectivity index (χ3v) is 4.81. The molecule has 23 heavy (non-hydrogen) atoms. The summed E-state index contributed by atoms with van der Waals surface area (Å²) in [5, 5.41) is 7.68. The largest absolute Gasteiger partial charge is 0.371 e. The Morgan fingerprint density at radius 3 is 2.96 bits per heavy atom. The van der Waals surface area contributed by atoms with Gasteiger partial charge in [0.2, 0.25) is 0 Å². The van der Waals surface area contributed by atoms with Gasteiger partial charge in [0.05, 0.1) is 0 Å². The summed E-state index contributed by atoms with van der Waals surface area (Å²) in [7, 11) is 1.83. The van der Waals surface area contributed by atoms with E-state index in [0.29, 0.717) is 12.0 Å². The molecule has 1 aromatic rings. The number of nitrogens with zero attached hydrogens (tertiary/aromatic N) is 2. The lowest BCUT2D eigenvalue weighted by atomic mass is 10.1. The van der Waals surface area contributed by atoms with E-state index in [1.165, 1.54) is 17.7 Å². The molecule has 2 rings (SSSR count). The van der Waals surface area contributed by atoms with Crippen molar-refractivity contribution in [2.45, 2.75) is 39.7 Å². The van der Waals surface area contributed by atoms with Crippen LogP contribution in [0.3, 0.4) is 0 Å². The molecule has 1 aliphatic rings. The summed E-state index contributed by atoms with van der Waals surface area (Å²) >= 11 is 6.15. The van der Waals surface area contributed by atoms with Gasteiger partial charge in [-0.3, -0.25) is 4.99 Å². The summed E-state index contributed by atoms with van der Waals surface area (Å²) in [6.07, 6.45) is 2.28. The average molecular weight is 337 g/mol. The van der Waals surface area contributed by atoms with E-state index in [-0.39, 0.29) is 0 Å². The fraction of sp³-hybridized carbons (Fsp3) is 0.611. The number of hydrogen-bond donors (Lipinski definition) is 2. The quantitative estimate of drug-likeness (QED) is 0.639. The fourth-order valence-electron chi connectivity index (χ4n) is 2.91.